The molecule has 1 aromatic heterocycles. The number of hydrogen-bond donors (Lipinski definition) is 2. The largest absolute Gasteiger partial charge is 0.543 e. The number of carbonyl (C=O) groups excluding carboxylic acids is 3. The number of ketones is 1. The second-order valence-electron chi connectivity index (χ2n) is 6.26. The maximum absolute atomic E-state index is 12.5. The molecule has 1 heterocycles. The molecule has 29 heavy (non-hydrogen) atoms. The molecule has 154 valence electrons. The summed E-state index contributed by atoms with van der Waals surface area (Å²) in [4.78, 5) is 37.8. The van der Waals surface area contributed by atoms with E-state index in [0.29, 0.717) is 40.4 Å². The average Bonchev–Trinajstić information content (AvgIpc) is 2.99. The van der Waals surface area contributed by atoms with Crippen molar-refractivity contribution in [1.82, 2.24) is 10.3 Å². The SMILES string of the molecule is CCNC(=O)COc1ccc(/C=C/C(=O)c2c(C)[nH]c(C(=O)[O-])c2C)cc1OC. The summed E-state index contributed by atoms with van der Waals surface area (Å²) in [6.07, 6.45) is 2.94. The fraction of sp³-hybridized carbons (Fsp3) is 0.286. The maximum atomic E-state index is 12.5. The van der Waals surface area contributed by atoms with Crippen molar-refractivity contribution >= 4 is 23.7 Å². The summed E-state index contributed by atoms with van der Waals surface area (Å²) in [6, 6.07) is 5.02. The van der Waals surface area contributed by atoms with Gasteiger partial charge in [0.25, 0.3) is 5.91 Å². The van der Waals surface area contributed by atoms with Crippen LogP contribution in [0.25, 0.3) is 6.08 Å². The molecule has 0 bridgehead atoms. The number of ether oxygens (including phenoxy) is 2. The molecule has 0 aliphatic rings. The molecule has 1 aromatic carbocycles. The van der Waals surface area contributed by atoms with Crippen LogP contribution in [-0.4, -0.2) is 42.9 Å². The predicted octanol–water partition coefficient (Wildman–Crippen LogP) is 1.41. The van der Waals surface area contributed by atoms with Gasteiger partial charge >= 0.3 is 0 Å². The molecule has 0 saturated carbocycles. The number of allylic oxidation sites excluding steroid dienone is 1. The Bertz CT molecular complexity index is 958. The molecule has 0 atom stereocenters. The molecule has 8 heteroatoms. The van der Waals surface area contributed by atoms with Gasteiger partial charge in [0.1, 0.15) is 0 Å². The van der Waals surface area contributed by atoms with Gasteiger partial charge in [-0.05, 0) is 50.1 Å². The van der Waals surface area contributed by atoms with Crippen LogP contribution in [-0.2, 0) is 4.79 Å². The van der Waals surface area contributed by atoms with Crippen molar-refractivity contribution in [2.45, 2.75) is 20.8 Å². The first-order valence-corrected chi connectivity index (χ1v) is 8.98. The van der Waals surface area contributed by atoms with Crippen LogP contribution in [0, 0.1) is 13.8 Å². The van der Waals surface area contributed by atoms with E-state index in [9.17, 15) is 19.5 Å². The number of nitrogens with one attached hydrogen (secondary N) is 2. The summed E-state index contributed by atoms with van der Waals surface area (Å²) in [7, 11) is 1.47. The maximum Gasteiger partial charge on any atom is 0.257 e. The first kappa shape index (κ1) is 21.7. The van der Waals surface area contributed by atoms with Gasteiger partial charge in [-0.3, -0.25) is 9.59 Å². The third-order valence-electron chi connectivity index (χ3n) is 4.24. The molecule has 2 aromatic rings. The number of hydrogen-bond acceptors (Lipinski definition) is 6. The van der Waals surface area contributed by atoms with Crippen LogP contribution < -0.4 is 19.9 Å². The number of aromatic carboxylic acids is 1. The molecular formula is C21H23N2O6-. The number of carbonyl (C=O) groups is 3. The van der Waals surface area contributed by atoms with E-state index in [1.165, 1.54) is 13.2 Å². The monoisotopic (exact) mass is 399 g/mol. The zero-order chi connectivity index (χ0) is 21.6. The van der Waals surface area contributed by atoms with Crippen molar-refractivity contribution in [3.05, 3.63) is 52.4 Å². The number of amides is 1. The molecule has 0 radical (unpaired) electrons. The van der Waals surface area contributed by atoms with Crippen LogP contribution in [0.5, 0.6) is 11.5 Å². The Morgan fingerprint density at radius 2 is 1.93 bits per heavy atom. The van der Waals surface area contributed by atoms with E-state index in [-0.39, 0.29) is 24.0 Å². The van der Waals surface area contributed by atoms with Crippen LogP contribution in [0.4, 0.5) is 0 Å². The normalized spacial score (nSPS) is 10.8. The number of methoxy groups -OCH3 is 1. The number of carboxylic acid groups (broad SMARTS) is 1. The van der Waals surface area contributed by atoms with E-state index >= 15 is 0 Å². The molecule has 2 N–H and O–H groups in total. The number of aromatic amines is 1. The zero-order valence-corrected chi connectivity index (χ0v) is 16.8. The molecule has 0 aliphatic heterocycles. The van der Waals surface area contributed by atoms with Gasteiger partial charge in [0.15, 0.2) is 23.9 Å². The van der Waals surface area contributed by atoms with Crippen molar-refractivity contribution < 1.29 is 29.0 Å². The number of aromatic nitrogens is 1. The number of likely N-dealkylation sites (N-methyl/N-ethyl adjacent to an activating group) is 1. The summed E-state index contributed by atoms with van der Waals surface area (Å²) in [6.45, 7) is 5.38. The van der Waals surface area contributed by atoms with Crippen molar-refractivity contribution in [2.75, 3.05) is 20.3 Å². The summed E-state index contributed by atoms with van der Waals surface area (Å²) < 4.78 is 10.7. The molecular weight excluding hydrogens is 376 g/mol. The highest BCUT2D eigenvalue weighted by molar-refractivity contribution is 6.10. The highest BCUT2D eigenvalue weighted by Gasteiger charge is 2.16. The van der Waals surface area contributed by atoms with Crippen LogP contribution in [0.1, 0.15) is 44.6 Å². The van der Waals surface area contributed by atoms with Gasteiger partial charge in [-0.2, -0.15) is 0 Å². The van der Waals surface area contributed by atoms with Gasteiger partial charge < -0.3 is 29.7 Å². The minimum absolute atomic E-state index is 0.102. The molecule has 0 unspecified atom stereocenters. The molecule has 1 amide bonds. The minimum atomic E-state index is -1.36. The molecule has 0 aliphatic carbocycles. The number of carboxylic acids is 1. The van der Waals surface area contributed by atoms with Crippen molar-refractivity contribution in [1.29, 1.82) is 0 Å². The lowest BCUT2D eigenvalue weighted by atomic mass is 10.0. The Kier molecular flexibility index (Phi) is 7.19. The van der Waals surface area contributed by atoms with E-state index < -0.39 is 5.97 Å². The quantitative estimate of drug-likeness (QED) is 0.486. The van der Waals surface area contributed by atoms with Gasteiger partial charge in [-0.15, -0.1) is 0 Å². The second kappa shape index (κ2) is 9.59. The van der Waals surface area contributed by atoms with Crippen LogP contribution in [0.15, 0.2) is 24.3 Å². The Morgan fingerprint density at radius 1 is 1.21 bits per heavy atom. The van der Waals surface area contributed by atoms with Crippen LogP contribution in [0.3, 0.4) is 0 Å². The highest BCUT2D eigenvalue weighted by atomic mass is 16.5. The first-order valence-electron chi connectivity index (χ1n) is 8.98. The molecule has 0 spiro atoms. The molecule has 0 fully saturated rings. The lowest BCUT2D eigenvalue weighted by molar-refractivity contribution is -0.255. The Labute approximate surface area is 168 Å². The number of H-pyrrole nitrogens is 1. The third-order valence-corrected chi connectivity index (χ3v) is 4.24. The van der Waals surface area contributed by atoms with Crippen LogP contribution in [0.2, 0.25) is 0 Å². The van der Waals surface area contributed by atoms with Crippen LogP contribution >= 0.6 is 0 Å². The topological polar surface area (TPSA) is 121 Å². The zero-order valence-electron chi connectivity index (χ0n) is 16.8. The van der Waals surface area contributed by atoms with Crippen molar-refractivity contribution in [3.63, 3.8) is 0 Å². The standard InChI is InChI=1S/C21H24N2O6/c1-5-22-18(25)11-29-16-9-7-14(10-17(16)28-4)6-8-15(24)19-12(2)20(21(26)27)23-13(19)3/h6-10,23H,5,11H2,1-4H3,(H,22,25)(H,26,27)/p-1/b8-6+. The third kappa shape index (κ3) is 5.25. The van der Waals surface area contributed by atoms with Gasteiger partial charge in [0.2, 0.25) is 0 Å². The minimum Gasteiger partial charge on any atom is -0.543 e. The van der Waals surface area contributed by atoms with Crippen molar-refractivity contribution in [2.24, 2.45) is 0 Å². The number of benzene rings is 1. The summed E-state index contributed by atoms with van der Waals surface area (Å²) in [5.74, 6) is -1.12. The van der Waals surface area contributed by atoms with E-state index in [2.05, 4.69) is 10.3 Å². The summed E-state index contributed by atoms with van der Waals surface area (Å²) >= 11 is 0. The number of aryl methyl sites for hydroxylation is 1. The highest BCUT2D eigenvalue weighted by Crippen LogP contribution is 2.28. The molecule has 0 saturated heterocycles. The first-order chi connectivity index (χ1) is 13.8. The van der Waals surface area contributed by atoms with Gasteiger partial charge in [0, 0.05) is 17.8 Å². The van der Waals surface area contributed by atoms with Crippen molar-refractivity contribution in [3.8, 4) is 11.5 Å². The second-order valence-corrected chi connectivity index (χ2v) is 6.26. The van der Waals surface area contributed by atoms with E-state index in [1.54, 1.807) is 38.1 Å². The molecule has 8 nitrogen and oxygen atoms in total. The smallest absolute Gasteiger partial charge is 0.257 e. The Hall–Kier alpha value is -3.55. The van der Waals surface area contributed by atoms with E-state index in [4.69, 9.17) is 9.47 Å². The van der Waals surface area contributed by atoms with Gasteiger partial charge in [0.05, 0.1) is 18.8 Å². The van der Waals surface area contributed by atoms with Gasteiger partial charge in [-0.1, -0.05) is 12.1 Å². The predicted molar refractivity (Wildman–Crippen MR) is 105 cm³/mol. The number of rotatable bonds is 9. The Morgan fingerprint density at radius 3 is 2.52 bits per heavy atom. The Balaban J connectivity index is 2.17. The fourth-order valence-electron chi connectivity index (χ4n) is 2.88. The average molecular weight is 399 g/mol. The molecule has 2 rings (SSSR count). The van der Waals surface area contributed by atoms with Gasteiger partial charge in [-0.25, -0.2) is 0 Å². The van der Waals surface area contributed by atoms with E-state index in [0.717, 1.165) is 0 Å². The summed E-state index contributed by atoms with van der Waals surface area (Å²) in [5.41, 5.74) is 1.67. The van der Waals surface area contributed by atoms with E-state index in [1.807, 2.05) is 6.92 Å². The fourth-order valence-corrected chi connectivity index (χ4v) is 2.88. The lowest BCUT2D eigenvalue weighted by Gasteiger charge is -2.11. The summed E-state index contributed by atoms with van der Waals surface area (Å²) in [5, 5.41) is 13.7. The lowest BCUT2D eigenvalue weighted by Crippen LogP contribution is -2.28.